The molecule has 3 rings (SSSR count). The molecule has 0 bridgehead atoms. The Morgan fingerprint density at radius 2 is 1.72 bits per heavy atom. The van der Waals surface area contributed by atoms with E-state index in [9.17, 15) is 9.59 Å². The van der Waals surface area contributed by atoms with Crippen molar-refractivity contribution in [2.75, 3.05) is 32.5 Å². The van der Waals surface area contributed by atoms with Gasteiger partial charge in [0.05, 0.1) is 37.1 Å². The van der Waals surface area contributed by atoms with E-state index in [0.717, 1.165) is 5.56 Å². The summed E-state index contributed by atoms with van der Waals surface area (Å²) in [7, 11) is 2.47. The van der Waals surface area contributed by atoms with Crippen molar-refractivity contribution in [2.24, 2.45) is 0 Å². The third kappa shape index (κ3) is 4.36. The summed E-state index contributed by atoms with van der Waals surface area (Å²) >= 11 is 6.40. The number of anilines is 1. The molecule has 0 atom stereocenters. The Labute approximate surface area is 173 Å². The van der Waals surface area contributed by atoms with Crippen molar-refractivity contribution in [3.05, 3.63) is 64.3 Å². The lowest BCUT2D eigenvalue weighted by Crippen LogP contribution is -2.39. The van der Waals surface area contributed by atoms with Crippen LogP contribution >= 0.6 is 11.6 Å². The first-order valence-electron chi connectivity index (χ1n) is 8.74. The number of carbonyl (C=O) groups excluding carboxylic acids is 2. The molecule has 0 amide bonds. The zero-order valence-electron chi connectivity index (χ0n) is 16.2. The Kier molecular flexibility index (Phi) is 6.41. The van der Waals surface area contributed by atoms with Gasteiger partial charge in [-0.15, -0.1) is 0 Å². The van der Waals surface area contributed by atoms with Crippen molar-refractivity contribution < 1.29 is 28.5 Å². The summed E-state index contributed by atoms with van der Waals surface area (Å²) in [6.45, 7) is 1.88. The summed E-state index contributed by atoms with van der Waals surface area (Å²) in [5.41, 5.74) is 1.59. The van der Waals surface area contributed by atoms with Gasteiger partial charge in [-0.25, -0.2) is 9.59 Å². The van der Waals surface area contributed by atoms with Gasteiger partial charge < -0.3 is 23.8 Å². The summed E-state index contributed by atoms with van der Waals surface area (Å²) < 4.78 is 21.2. The lowest BCUT2D eigenvalue weighted by molar-refractivity contribution is -0.140. The number of aryl methyl sites for hydroxylation is 1. The molecule has 8 heteroatoms. The molecule has 7 nitrogen and oxygen atoms in total. The fraction of sp³-hybridized carbons (Fsp3) is 0.238. The molecule has 0 saturated heterocycles. The van der Waals surface area contributed by atoms with Gasteiger partial charge in [0, 0.05) is 0 Å². The Balaban J connectivity index is 2.11. The maximum atomic E-state index is 12.5. The molecule has 0 saturated carbocycles. The molecule has 0 aromatic heterocycles. The highest BCUT2D eigenvalue weighted by atomic mass is 35.5. The quantitative estimate of drug-likeness (QED) is 0.684. The van der Waals surface area contributed by atoms with E-state index in [1.165, 1.54) is 19.1 Å². The molecule has 1 heterocycles. The second-order valence-electron chi connectivity index (χ2n) is 6.22. The van der Waals surface area contributed by atoms with Crippen molar-refractivity contribution in [3.8, 4) is 11.5 Å². The second kappa shape index (κ2) is 8.98. The van der Waals surface area contributed by atoms with E-state index >= 15 is 0 Å². The van der Waals surface area contributed by atoms with Crippen LogP contribution in [-0.2, 0) is 23.8 Å². The van der Waals surface area contributed by atoms with Gasteiger partial charge in [0.25, 0.3) is 0 Å². The molecule has 1 aliphatic heterocycles. The lowest BCUT2D eigenvalue weighted by atomic mass is 10.1. The Morgan fingerprint density at radius 3 is 2.38 bits per heavy atom. The average molecular weight is 418 g/mol. The summed E-state index contributed by atoms with van der Waals surface area (Å²) in [6, 6.07) is 12.5. The SMILES string of the molecule is COC(=O)C1=C(C(=O)OC)N(c2cccc(Cl)c2Oc2ccc(C)cc2)COC1. The number of ether oxygens (including phenoxy) is 4. The minimum Gasteiger partial charge on any atom is -0.466 e. The first kappa shape index (κ1) is 20.7. The standard InChI is InChI=1S/C21H20ClNO6/c1-13-7-9-14(10-8-13)29-19-16(22)5-4-6-17(19)23-12-28-11-15(20(24)26-2)18(23)21(25)27-3/h4-10H,11-12H2,1-3H3. The number of hydrogen-bond donors (Lipinski definition) is 0. The maximum absolute atomic E-state index is 12.5. The summed E-state index contributed by atoms with van der Waals surface area (Å²) in [5, 5.41) is 0.331. The number of rotatable bonds is 5. The number of esters is 2. The van der Waals surface area contributed by atoms with Crippen LogP contribution in [0, 0.1) is 6.92 Å². The first-order chi connectivity index (χ1) is 14.0. The van der Waals surface area contributed by atoms with Gasteiger partial charge in [-0.2, -0.15) is 0 Å². The van der Waals surface area contributed by atoms with Crippen molar-refractivity contribution in [1.82, 2.24) is 0 Å². The normalized spacial score (nSPS) is 13.9. The molecule has 0 spiro atoms. The third-order valence-corrected chi connectivity index (χ3v) is 4.61. The first-order valence-corrected chi connectivity index (χ1v) is 9.12. The van der Waals surface area contributed by atoms with Gasteiger partial charge in [0.2, 0.25) is 0 Å². The predicted molar refractivity (Wildman–Crippen MR) is 107 cm³/mol. The van der Waals surface area contributed by atoms with Gasteiger partial charge in [-0.3, -0.25) is 0 Å². The minimum absolute atomic E-state index is 0.00444. The minimum atomic E-state index is -0.699. The smallest absolute Gasteiger partial charge is 0.355 e. The van der Waals surface area contributed by atoms with Crippen LogP contribution < -0.4 is 9.64 Å². The number of methoxy groups -OCH3 is 2. The molecular formula is C21H20ClNO6. The van der Waals surface area contributed by atoms with Crippen LogP contribution in [0.1, 0.15) is 5.56 Å². The highest BCUT2D eigenvalue weighted by molar-refractivity contribution is 6.32. The van der Waals surface area contributed by atoms with Crippen molar-refractivity contribution in [3.63, 3.8) is 0 Å². The second-order valence-corrected chi connectivity index (χ2v) is 6.63. The molecule has 29 heavy (non-hydrogen) atoms. The number of hydrogen-bond acceptors (Lipinski definition) is 7. The van der Waals surface area contributed by atoms with Gasteiger partial charge in [-0.05, 0) is 31.2 Å². The van der Waals surface area contributed by atoms with Crippen LogP contribution in [0.25, 0.3) is 0 Å². The van der Waals surface area contributed by atoms with E-state index in [1.807, 2.05) is 31.2 Å². The number of nitrogens with zero attached hydrogens (tertiary/aromatic N) is 1. The molecule has 2 aromatic carbocycles. The predicted octanol–water partition coefficient (Wildman–Crippen LogP) is 3.83. The van der Waals surface area contributed by atoms with Crippen molar-refractivity contribution in [2.45, 2.75) is 6.92 Å². The number of halogens is 1. The highest BCUT2D eigenvalue weighted by Gasteiger charge is 2.34. The Morgan fingerprint density at radius 1 is 1.03 bits per heavy atom. The molecule has 152 valence electrons. The molecule has 0 fully saturated rings. The van der Waals surface area contributed by atoms with E-state index in [4.69, 9.17) is 30.5 Å². The molecule has 0 aliphatic carbocycles. The number of para-hydroxylation sites is 1. The molecule has 0 radical (unpaired) electrons. The van der Waals surface area contributed by atoms with Crippen molar-refractivity contribution in [1.29, 1.82) is 0 Å². The van der Waals surface area contributed by atoms with E-state index in [2.05, 4.69) is 0 Å². The maximum Gasteiger partial charge on any atom is 0.355 e. The molecule has 2 aromatic rings. The summed E-state index contributed by atoms with van der Waals surface area (Å²) in [4.78, 5) is 26.2. The summed E-state index contributed by atoms with van der Waals surface area (Å²) in [6.07, 6.45) is 0. The fourth-order valence-corrected chi connectivity index (χ4v) is 3.08. The van der Waals surface area contributed by atoms with E-state index < -0.39 is 11.9 Å². The number of benzene rings is 2. The van der Waals surface area contributed by atoms with Crippen LogP contribution in [0.3, 0.4) is 0 Å². The van der Waals surface area contributed by atoms with Gasteiger partial charge in [-0.1, -0.05) is 35.4 Å². The zero-order valence-corrected chi connectivity index (χ0v) is 17.0. The monoisotopic (exact) mass is 417 g/mol. The van der Waals surface area contributed by atoms with Gasteiger partial charge >= 0.3 is 11.9 Å². The van der Waals surface area contributed by atoms with Crippen LogP contribution in [0.2, 0.25) is 5.02 Å². The van der Waals surface area contributed by atoms with Crippen molar-refractivity contribution >= 4 is 29.2 Å². The van der Waals surface area contributed by atoms with Crippen LogP contribution in [-0.4, -0.2) is 39.5 Å². The average Bonchev–Trinajstić information content (AvgIpc) is 2.75. The molecular weight excluding hydrogens is 398 g/mol. The number of carbonyl (C=O) groups is 2. The Bertz CT molecular complexity index is 954. The van der Waals surface area contributed by atoms with Crippen LogP contribution in [0.4, 0.5) is 5.69 Å². The van der Waals surface area contributed by atoms with Crippen LogP contribution in [0.5, 0.6) is 11.5 Å². The highest BCUT2D eigenvalue weighted by Crippen LogP contribution is 2.41. The largest absolute Gasteiger partial charge is 0.466 e. The van der Waals surface area contributed by atoms with Gasteiger partial charge in [0.15, 0.2) is 5.75 Å². The fourth-order valence-electron chi connectivity index (χ4n) is 2.87. The summed E-state index contributed by atoms with van der Waals surface area (Å²) in [5.74, 6) is -0.498. The van der Waals surface area contributed by atoms with Gasteiger partial charge in [0.1, 0.15) is 18.2 Å². The van der Waals surface area contributed by atoms with Crippen LogP contribution in [0.15, 0.2) is 53.7 Å². The third-order valence-electron chi connectivity index (χ3n) is 4.31. The lowest BCUT2D eigenvalue weighted by Gasteiger charge is -2.32. The molecule has 0 unspecified atom stereocenters. The van der Waals surface area contributed by atoms with E-state index in [-0.39, 0.29) is 24.6 Å². The zero-order chi connectivity index (χ0) is 21.0. The molecule has 0 N–H and O–H groups in total. The molecule has 1 aliphatic rings. The Hall–Kier alpha value is -3.03. The van der Waals surface area contributed by atoms with E-state index in [1.54, 1.807) is 18.2 Å². The topological polar surface area (TPSA) is 74.3 Å². The van der Waals surface area contributed by atoms with E-state index in [0.29, 0.717) is 22.2 Å².